The third kappa shape index (κ3) is 2.65. The summed E-state index contributed by atoms with van der Waals surface area (Å²) < 4.78 is 3.01. The van der Waals surface area contributed by atoms with Crippen LogP contribution in [0.4, 0.5) is 5.69 Å². The molecule has 1 unspecified atom stereocenters. The van der Waals surface area contributed by atoms with E-state index < -0.39 is 6.10 Å². The second-order valence-corrected chi connectivity index (χ2v) is 7.37. The van der Waals surface area contributed by atoms with Crippen LogP contribution in [-0.2, 0) is 6.42 Å². The molecule has 0 aromatic heterocycles. The maximum Gasteiger partial charge on any atom is 0.117 e. The Hall–Kier alpha value is -0.490. The van der Waals surface area contributed by atoms with Crippen LogP contribution in [0.15, 0.2) is 48.7 Å². The number of hydrogen-bond donors (Lipinski definition) is 1. The molecule has 0 bridgehead atoms. The molecule has 1 N–H and O–H groups in total. The third-order valence-electron chi connectivity index (χ3n) is 3.65. The third-order valence-corrected chi connectivity index (χ3v) is 7.02. The van der Waals surface area contributed by atoms with E-state index in [9.17, 15) is 5.11 Å². The van der Waals surface area contributed by atoms with Crippen molar-refractivity contribution in [1.82, 2.24) is 0 Å². The normalized spacial score (nSPS) is 14.8. The topological polar surface area (TPSA) is 32.6 Å². The summed E-state index contributed by atoms with van der Waals surface area (Å²) in [4.78, 5) is 4.66. The Labute approximate surface area is 148 Å². The number of rotatable bonds is 2. The molecule has 1 heterocycles. The SMILES string of the molecule is Cc1c(Br)c(Br)c2c(c1Br)N=C(C(O)c1ccccc1)C2. The van der Waals surface area contributed by atoms with Gasteiger partial charge in [-0.15, -0.1) is 0 Å². The highest BCUT2D eigenvalue weighted by molar-refractivity contribution is 9.13. The minimum atomic E-state index is -0.670. The first-order valence-electron chi connectivity index (χ1n) is 6.47. The molecule has 108 valence electrons. The van der Waals surface area contributed by atoms with Crippen LogP contribution >= 0.6 is 47.8 Å². The lowest BCUT2D eigenvalue weighted by atomic mass is 10.0. The molecular weight excluding hydrogens is 462 g/mol. The predicted octanol–water partition coefficient (Wildman–Crippen LogP) is 5.64. The molecule has 1 aliphatic heterocycles. The number of hydrogen-bond acceptors (Lipinski definition) is 2. The van der Waals surface area contributed by atoms with Gasteiger partial charge in [0.15, 0.2) is 0 Å². The van der Waals surface area contributed by atoms with E-state index in [4.69, 9.17) is 0 Å². The summed E-state index contributed by atoms with van der Waals surface area (Å²) in [6, 6.07) is 9.62. The lowest BCUT2D eigenvalue weighted by Gasteiger charge is -2.11. The Kier molecular flexibility index (Phi) is 4.37. The number of aliphatic hydroxyl groups is 1. The first-order valence-corrected chi connectivity index (χ1v) is 8.85. The van der Waals surface area contributed by atoms with Gasteiger partial charge < -0.3 is 5.11 Å². The van der Waals surface area contributed by atoms with Gasteiger partial charge in [0.25, 0.3) is 0 Å². The highest BCUT2D eigenvalue weighted by Crippen LogP contribution is 2.46. The monoisotopic (exact) mass is 471 g/mol. The molecule has 0 saturated heterocycles. The number of aliphatic imine (C=N–C) groups is 1. The first kappa shape index (κ1) is 15.4. The van der Waals surface area contributed by atoms with Gasteiger partial charge >= 0.3 is 0 Å². The van der Waals surface area contributed by atoms with Crippen LogP contribution in [0, 0.1) is 6.92 Å². The molecule has 5 heteroatoms. The Morgan fingerprint density at radius 2 is 1.71 bits per heavy atom. The Balaban J connectivity index is 2.03. The van der Waals surface area contributed by atoms with E-state index in [-0.39, 0.29) is 0 Å². The van der Waals surface area contributed by atoms with Crippen molar-refractivity contribution < 1.29 is 5.11 Å². The van der Waals surface area contributed by atoms with E-state index in [1.54, 1.807) is 0 Å². The summed E-state index contributed by atoms with van der Waals surface area (Å²) in [7, 11) is 0. The van der Waals surface area contributed by atoms with Gasteiger partial charge in [-0.3, -0.25) is 4.99 Å². The van der Waals surface area contributed by atoms with E-state index in [1.807, 2.05) is 37.3 Å². The quantitative estimate of drug-likeness (QED) is 0.562. The predicted molar refractivity (Wildman–Crippen MR) is 96.5 cm³/mol. The van der Waals surface area contributed by atoms with Gasteiger partial charge in [-0.05, 0) is 71.4 Å². The van der Waals surface area contributed by atoms with E-state index in [1.165, 1.54) is 0 Å². The minimum absolute atomic E-state index is 0.642. The van der Waals surface area contributed by atoms with Crippen molar-refractivity contribution >= 4 is 59.2 Å². The molecule has 0 saturated carbocycles. The smallest absolute Gasteiger partial charge is 0.117 e. The molecule has 2 aromatic carbocycles. The number of nitrogens with zero attached hydrogens (tertiary/aromatic N) is 1. The summed E-state index contributed by atoms with van der Waals surface area (Å²) in [5.74, 6) is 0. The standard InChI is InChI=1S/C16H12Br3NO/c1-8-12(17)14(19)10-7-11(20-15(10)13(8)18)16(21)9-5-3-2-4-6-9/h2-6,16,21H,7H2,1H3. The van der Waals surface area contributed by atoms with Crippen molar-refractivity contribution in [1.29, 1.82) is 0 Å². The van der Waals surface area contributed by atoms with Crippen molar-refractivity contribution in [2.24, 2.45) is 4.99 Å². The van der Waals surface area contributed by atoms with E-state index in [2.05, 4.69) is 52.8 Å². The lowest BCUT2D eigenvalue weighted by molar-refractivity contribution is 0.246. The zero-order chi connectivity index (χ0) is 15.1. The Bertz CT molecular complexity index is 741. The van der Waals surface area contributed by atoms with Crippen LogP contribution in [0.3, 0.4) is 0 Å². The number of halogens is 3. The van der Waals surface area contributed by atoms with Crippen LogP contribution in [0.5, 0.6) is 0 Å². The molecule has 21 heavy (non-hydrogen) atoms. The summed E-state index contributed by atoms with van der Waals surface area (Å²) in [5.41, 5.74) is 4.75. The summed E-state index contributed by atoms with van der Waals surface area (Å²) in [5, 5.41) is 10.5. The molecule has 0 aliphatic carbocycles. The summed E-state index contributed by atoms with van der Waals surface area (Å²) in [6.45, 7) is 2.03. The van der Waals surface area contributed by atoms with E-state index >= 15 is 0 Å². The zero-order valence-corrected chi connectivity index (χ0v) is 16.0. The van der Waals surface area contributed by atoms with E-state index in [0.717, 1.165) is 41.5 Å². The molecule has 0 fully saturated rings. The van der Waals surface area contributed by atoms with Crippen LogP contribution < -0.4 is 0 Å². The average molecular weight is 474 g/mol. The fourth-order valence-corrected chi connectivity index (χ4v) is 4.29. The summed E-state index contributed by atoms with van der Waals surface area (Å²) >= 11 is 10.8. The van der Waals surface area contributed by atoms with Crippen molar-refractivity contribution in [3.63, 3.8) is 0 Å². The van der Waals surface area contributed by atoms with Gasteiger partial charge in [0.1, 0.15) is 6.10 Å². The van der Waals surface area contributed by atoms with Gasteiger partial charge in [-0.2, -0.15) is 0 Å². The molecule has 2 nitrogen and oxygen atoms in total. The fraction of sp³-hybridized carbons (Fsp3) is 0.188. The molecule has 0 amide bonds. The molecule has 1 aliphatic rings. The number of aliphatic hydroxyl groups excluding tert-OH is 1. The maximum atomic E-state index is 10.5. The number of fused-ring (bicyclic) bond motifs is 1. The van der Waals surface area contributed by atoms with Crippen molar-refractivity contribution in [3.05, 3.63) is 60.4 Å². The van der Waals surface area contributed by atoms with Gasteiger partial charge in [-0.25, -0.2) is 0 Å². The highest BCUT2D eigenvalue weighted by atomic mass is 79.9. The second-order valence-electron chi connectivity index (χ2n) is 4.99. The molecular formula is C16H12Br3NO. The number of benzene rings is 2. The Morgan fingerprint density at radius 3 is 2.38 bits per heavy atom. The molecule has 2 aromatic rings. The fourth-order valence-electron chi connectivity index (χ4n) is 2.44. The van der Waals surface area contributed by atoms with Crippen molar-refractivity contribution in [2.45, 2.75) is 19.4 Å². The largest absolute Gasteiger partial charge is 0.382 e. The lowest BCUT2D eigenvalue weighted by Crippen LogP contribution is -2.12. The molecule has 0 spiro atoms. The molecule has 1 atom stereocenters. The van der Waals surface area contributed by atoms with Crippen molar-refractivity contribution in [3.8, 4) is 0 Å². The van der Waals surface area contributed by atoms with Gasteiger partial charge in [-0.1, -0.05) is 30.3 Å². The van der Waals surface area contributed by atoms with E-state index in [0.29, 0.717) is 6.42 Å². The highest BCUT2D eigenvalue weighted by Gasteiger charge is 2.27. The minimum Gasteiger partial charge on any atom is -0.382 e. The Morgan fingerprint density at radius 1 is 1.05 bits per heavy atom. The van der Waals surface area contributed by atoms with Crippen LogP contribution in [0.1, 0.15) is 22.8 Å². The molecule has 3 rings (SSSR count). The first-order chi connectivity index (χ1) is 10.0. The van der Waals surface area contributed by atoms with Crippen LogP contribution in [0.2, 0.25) is 0 Å². The van der Waals surface area contributed by atoms with Crippen LogP contribution in [0.25, 0.3) is 0 Å². The van der Waals surface area contributed by atoms with Crippen molar-refractivity contribution in [2.75, 3.05) is 0 Å². The molecule has 0 radical (unpaired) electrons. The second kappa shape index (κ2) is 5.95. The van der Waals surface area contributed by atoms with Gasteiger partial charge in [0.05, 0.1) is 11.4 Å². The summed E-state index contributed by atoms with van der Waals surface area (Å²) in [6.07, 6.45) is -0.0276. The average Bonchev–Trinajstić information content (AvgIpc) is 2.96. The van der Waals surface area contributed by atoms with Gasteiger partial charge in [0, 0.05) is 19.8 Å². The maximum absolute atomic E-state index is 10.5. The van der Waals surface area contributed by atoms with Crippen LogP contribution in [-0.4, -0.2) is 10.8 Å². The van der Waals surface area contributed by atoms with Gasteiger partial charge in [0.2, 0.25) is 0 Å². The zero-order valence-electron chi connectivity index (χ0n) is 11.2.